The van der Waals surface area contributed by atoms with Gasteiger partial charge in [-0.2, -0.15) is 4.72 Å². The van der Waals surface area contributed by atoms with Crippen LogP contribution in [0.5, 0.6) is 5.75 Å². The molecule has 0 aliphatic carbocycles. The molecule has 0 fully saturated rings. The molecule has 5 heteroatoms. The van der Waals surface area contributed by atoms with E-state index in [1.807, 2.05) is 56.3 Å². The molecule has 0 aliphatic heterocycles. The molecule has 27 heavy (non-hydrogen) atoms. The molecule has 3 aromatic carbocycles. The highest BCUT2D eigenvalue weighted by molar-refractivity contribution is 7.89. The summed E-state index contributed by atoms with van der Waals surface area (Å²) in [6, 6.07) is 18.9. The number of hydrogen-bond donors (Lipinski definition) is 1. The summed E-state index contributed by atoms with van der Waals surface area (Å²) in [5.41, 5.74) is 1.99. The maximum absolute atomic E-state index is 12.3. The molecule has 0 radical (unpaired) electrons. The molecule has 0 atom stereocenters. The van der Waals surface area contributed by atoms with Crippen LogP contribution in [0, 0.1) is 25.7 Å². The number of hydrogen-bond acceptors (Lipinski definition) is 3. The maximum Gasteiger partial charge on any atom is 0.241 e. The number of nitrogens with one attached hydrogen (secondary N) is 1. The van der Waals surface area contributed by atoms with Gasteiger partial charge in [0.15, 0.2) is 0 Å². The molecule has 4 nitrogen and oxygen atoms in total. The molecular formula is C22H21NO3S. The van der Waals surface area contributed by atoms with Gasteiger partial charge >= 0.3 is 0 Å². The summed E-state index contributed by atoms with van der Waals surface area (Å²) < 4.78 is 32.8. The van der Waals surface area contributed by atoms with Gasteiger partial charge in [0.2, 0.25) is 10.0 Å². The predicted octanol–water partition coefficient (Wildman–Crippen LogP) is 3.82. The lowest BCUT2D eigenvalue weighted by atomic mass is 10.1. The molecule has 138 valence electrons. The van der Waals surface area contributed by atoms with Crippen molar-refractivity contribution in [3.05, 3.63) is 71.8 Å². The minimum Gasteiger partial charge on any atom is -0.480 e. The van der Waals surface area contributed by atoms with Crippen LogP contribution in [0.2, 0.25) is 0 Å². The Balaban J connectivity index is 1.57. The summed E-state index contributed by atoms with van der Waals surface area (Å²) in [6.45, 7) is 4.06. The van der Waals surface area contributed by atoms with E-state index in [1.54, 1.807) is 18.2 Å². The molecule has 3 rings (SSSR count). The van der Waals surface area contributed by atoms with Crippen molar-refractivity contribution in [1.82, 2.24) is 4.72 Å². The molecule has 0 unspecified atom stereocenters. The Bertz CT molecular complexity index is 1120. The number of benzene rings is 3. The lowest BCUT2D eigenvalue weighted by molar-refractivity contribution is 0.374. The zero-order valence-corrected chi connectivity index (χ0v) is 16.1. The van der Waals surface area contributed by atoms with Crippen molar-refractivity contribution >= 4 is 20.8 Å². The lowest BCUT2D eigenvalue weighted by Gasteiger charge is -2.07. The number of ether oxygens (including phenoxy) is 1. The third-order valence-electron chi connectivity index (χ3n) is 4.31. The molecule has 0 aliphatic rings. The van der Waals surface area contributed by atoms with E-state index in [4.69, 9.17) is 4.74 Å². The molecule has 0 amide bonds. The normalized spacial score (nSPS) is 11.0. The SMILES string of the molecule is Cc1ccc(S(=O)(=O)NCC#CCOc2cccc3ccccc23)cc1C. The monoisotopic (exact) mass is 379 g/mol. The molecular weight excluding hydrogens is 358 g/mol. The molecule has 0 aromatic heterocycles. The lowest BCUT2D eigenvalue weighted by Crippen LogP contribution is -2.24. The first-order valence-electron chi connectivity index (χ1n) is 8.60. The Hall–Kier alpha value is -2.81. The summed E-state index contributed by atoms with van der Waals surface area (Å²) in [5.74, 6) is 6.40. The summed E-state index contributed by atoms with van der Waals surface area (Å²) in [6.07, 6.45) is 0. The second kappa shape index (κ2) is 8.26. The van der Waals surface area contributed by atoms with Gasteiger partial charge in [-0.05, 0) is 48.6 Å². The second-order valence-corrected chi connectivity index (χ2v) is 7.96. The van der Waals surface area contributed by atoms with Crippen molar-refractivity contribution in [3.63, 3.8) is 0 Å². The molecule has 0 bridgehead atoms. The highest BCUT2D eigenvalue weighted by Gasteiger charge is 2.13. The van der Waals surface area contributed by atoms with Crippen LogP contribution < -0.4 is 9.46 Å². The van der Waals surface area contributed by atoms with E-state index in [2.05, 4.69) is 16.6 Å². The van der Waals surface area contributed by atoms with Gasteiger partial charge in [-0.1, -0.05) is 54.3 Å². The van der Waals surface area contributed by atoms with Crippen LogP contribution in [0.1, 0.15) is 11.1 Å². The number of aryl methyl sites for hydroxylation is 2. The zero-order valence-electron chi connectivity index (χ0n) is 15.3. The first-order valence-corrected chi connectivity index (χ1v) is 10.1. The van der Waals surface area contributed by atoms with Crippen molar-refractivity contribution in [1.29, 1.82) is 0 Å². The summed E-state index contributed by atoms with van der Waals surface area (Å²) in [5, 5.41) is 2.13. The molecule has 0 saturated heterocycles. The summed E-state index contributed by atoms with van der Waals surface area (Å²) in [4.78, 5) is 0.249. The second-order valence-electron chi connectivity index (χ2n) is 6.19. The van der Waals surface area contributed by atoms with E-state index in [9.17, 15) is 8.42 Å². The summed E-state index contributed by atoms with van der Waals surface area (Å²) >= 11 is 0. The van der Waals surface area contributed by atoms with E-state index < -0.39 is 10.0 Å². The van der Waals surface area contributed by atoms with Crippen LogP contribution >= 0.6 is 0 Å². The average molecular weight is 379 g/mol. The Morgan fingerprint density at radius 3 is 2.52 bits per heavy atom. The van der Waals surface area contributed by atoms with Gasteiger partial charge in [-0.15, -0.1) is 0 Å². The number of rotatable bonds is 5. The molecule has 1 N–H and O–H groups in total. The van der Waals surface area contributed by atoms with Crippen molar-refractivity contribution in [3.8, 4) is 17.6 Å². The first-order chi connectivity index (χ1) is 13.0. The van der Waals surface area contributed by atoms with Crippen LogP contribution in [-0.4, -0.2) is 21.6 Å². The van der Waals surface area contributed by atoms with Gasteiger partial charge in [-0.25, -0.2) is 8.42 Å². The van der Waals surface area contributed by atoms with Crippen LogP contribution in [0.25, 0.3) is 10.8 Å². The fourth-order valence-electron chi connectivity index (χ4n) is 2.64. The summed E-state index contributed by atoms with van der Waals surface area (Å²) in [7, 11) is -3.56. The van der Waals surface area contributed by atoms with Crippen molar-refractivity contribution in [2.75, 3.05) is 13.2 Å². The van der Waals surface area contributed by atoms with Crippen LogP contribution in [-0.2, 0) is 10.0 Å². The van der Waals surface area contributed by atoms with E-state index in [0.717, 1.165) is 27.6 Å². The zero-order chi connectivity index (χ0) is 19.3. The highest BCUT2D eigenvalue weighted by atomic mass is 32.2. The topological polar surface area (TPSA) is 55.4 Å². The highest BCUT2D eigenvalue weighted by Crippen LogP contribution is 2.24. The van der Waals surface area contributed by atoms with Crippen LogP contribution in [0.3, 0.4) is 0 Å². The molecule has 0 saturated carbocycles. The Kier molecular flexibility index (Phi) is 5.80. The van der Waals surface area contributed by atoms with Crippen LogP contribution in [0.4, 0.5) is 0 Å². The first kappa shape index (κ1) is 19.0. The minimum absolute atomic E-state index is 0.0359. The molecule has 0 spiro atoms. The Morgan fingerprint density at radius 1 is 0.926 bits per heavy atom. The van der Waals surface area contributed by atoms with E-state index in [-0.39, 0.29) is 18.0 Å². The molecule has 0 heterocycles. The number of sulfonamides is 1. The van der Waals surface area contributed by atoms with Gasteiger partial charge < -0.3 is 4.74 Å². The van der Waals surface area contributed by atoms with Gasteiger partial charge in [-0.3, -0.25) is 0 Å². The number of fused-ring (bicyclic) bond motifs is 1. The fraction of sp³-hybridized carbons (Fsp3) is 0.182. The van der Waals surface area contributed by atoms with Crippen molar-refractivity contribution < 1.29 is 13.2 Å². The standard InChI is InChI=1S/C22H21NO3S/c1-17-12-13-20(16-18(17)2)27(24,25)23-14-5-6-15-26-22-11-7-9-19-8-3-4-10-21(19)22/h3-4,7-13,16,23H,14-15H2,1-2H3. The fourth-order valence-corrected chi connectivity index (χ4v) is 3.65. The third-order valence-corrected chi connectivity index (χ3v) is 5.71. The van der Waals surface area contributed by atoms with Gasteiger partial charge in [0.25, 0.3) is 0 Å². The smallest absolute Gasteiger partial charge is 0.241 e. The van der Waals surface area contributed by atoms with Gasteiger partial charge in [0.1, 0.15) is 12.4 Å². The van der Waals surface area contributed by atoms with Crippen LogP contribution in [0.15, 0.2) is 65.6 Å². The third kappa shape index (κ3) is 4.68. The molecule has 3 aromatic rings. The van der Waals surface area contributed by atoms with E-state index >= 15 is 0 Å². The average Bonchev–Trinajstić information content (AvgIpc) is 2.66. The van der Waals surface area contributed by atoms with E-state index in [0.29, 0.717) is 0 Å². The van der Waals surface area contributed by atoms with Gasteiger partial charge in [0, 0.05) is 5.39 Å². The van der Waals surface area contributed by atoms with Crippen molar-refractivity contribution in [2.24, 2.45) is 0 Å². The maximum atomic E-state index is 12.3. The van der Waals surface area contributed by atoms with E-state index in [1.165, 1.54) is 0 Å². The quantitative estimate of drug-likeness (QED) is 0.686. The predicted molar refractivity (Wildman–Crippen MR) is 108 cm³/mol. The van der Waals surface area contributed by atoms with Crippen molar-refractivity contribution in [2.45, 2.75) is 18.7 Å². The minimum atomic E-state index is -3.56. The largest absolute Gasteiger partial charge is 0.480 e. The Morgan fingerprint density at radius 2 is 1.70 bits per heavy atom. The Labute approximate surface area is 160 Å². The van der Waals surface area contributed by atoms with Gasteiger partial charge in [0.05, 0.1) is 11.4 Å².